The van der Waals surface area contributed by atoms with Gasteiger partial charge in [-0.1, -0.05) is 26.2 Å². The average molecular weight is 197 g/mol. The third-order valence-electron chi connectivity index (χ3n) is 3.75. The summed E-state index contributed by atoms with van der Waals surface area (Å²) in [5.74, 6) is 0. The van der Waals surface area contributed by atoms with Gasteiger partial charge in [-0.3, -0.25) is 4.90 Å². The van der Waals surface area contributed by atoms with Gasteiger partial charge in [0.1, 0.15) is 0 Å². The Morgan fingerprint density at radius 3 is 2.36 bits per heavy atom. The van der Waals surface area contributed by atoms with Crippen LogP contribution in [0.5, 0.6) is 0 Å². The molecular weight excluding hydrogens is 174 g/mol. The van der Waals surface area contributed by atoms with Crippen molar-refractivity contribution >= 4 is 0 Å². The fourth-order valence-electron chi connectivity index (χ4n) is 2.68. The molecule has 0 spiro atoms. The highest BCUT2D eigenvalue weighted by molar-refractivity contribution is 4.91. The lowest BCUT2D eigenvalue weighted by Gasteiger charge is -2.36. The van der Waals surface area contributed by atoms with Crippen LogP contribution in [0.1, 0.15) is 51.9 Å². The third kappa shape index (κ3) is 2.48. The Hall–Kier alpha value is -0.0800. The number of aliphatic hydroxyl groups is 1. The van der Waals surface area contributed by atoms with E-state index in [0.717, 1.165) is 32.0 Å². The van der Waals surface area contributed by atoms with E-state index in [2.05, 4.69) is 11.8 Å². The Kier molecular flexibility index (Phi) is 3.13. The highest BCUT2D eigenvalue weighted by Crippen LogP contribution is 2.33. The first kappa shape index (κ1) is 10.4. The fraction of sp³-hybridized carbons (Fsp3) is 1.00. The van der Waals surface area contributed by atoms with E-state index >= 15 is 0 Å². The molecule has 0 amide bonds. The fourth-order valence-corrected chi connectivity index (χ4v) is 2.68. The van der Waals surface area contributed by atoms with Gasteiger partial charge in [0, 0.05) is 12.6 Å². The molecule has 2 fully saturated rings. The Labute approximate surface area is 87.3 Å². The summed E-state index contributed by atoms with van der Waals surface area (Å²) >= 11 is 0. The quantitative estimate of drug-likeness (QED) is 0.746. The van der Waals surface area contributed by atoms with Crippen LogP contribution in [-0.4, -0.2) is 34.7 Å². The molecule has 2 aliphatic carbocycles. The van der Waals surface area contributed by atoms with Gasteiger partial charge in [0.05, 0.1) is 5.60 Å². The molecule has 1 N–H and O–H groups in total. The lowest BCUT2D eigenvalue weighted by atomic mass is 9.84. The smallest absolute Gasteiger partial charge is 0.0774 e. The van der Waals surface area contributed by atoms with E-state index in [1.807, 2.05) is 0 Å². The van der Waals surface area contributed by atoms with Gasteiger partial charge in [0.25, 0.3) is 0 Å². The molecule has 2 heteroatoms. The Morgan fingerprint density at radius 2 is 1.86 bits per heavy atom. The summed E-state index contributed by atoms with van der Waals surface area (Å²) in [6, 6.07) is 0.797. The zero-order chi connectivity index (χ0) is 10.0. The van der Waals surface area contributed by atoms with Gasteiger partial charge < -0.3 is 5.11 Å². The molecule has 2 aliphatic rings. The minimum absolute atomic E-state index is 0.350. The van der Waals surface area contributed by atoms with Crippen molar-refractivity contribution in [2.24, 2.45) is 0 Å². The normalized spacial score (nSPS) is 26.8. The van der Waals surface area contributed by atoms with Gasteiger partial charge in [0.15, 0.2) is 0 Å². The van der Waals surface area contributed by atoms with Crippen LogP contribution < -0.4 is 0 Å². The van der Waals surface area contributed by atoms with Crippen molar-refractivity contribution in [1.29, 1.82) is 0 Å². The highest BCUT2D eigenvalue weighted by atomic mass is 16.3. The van der Waals surface area contributed by atoms with Crippen LogP contribution >= 0.6 is 0 Å². The Balaban J connectivity index is 1.86. The topological polar surface area (TPSA) is 23.5 Å². The number of hydrogen-bond donors (Lipinski definition) is 1. The molecule has 0 aromatic heterocycles. The van der Waals surface area contributed by atoms with Gasteiger partial charge in [-0.05, 0) is 32.2 Å². The van der Waals surface area contributed by atoms with E-state index in [9.17, 15) is 5.11 Å². The predicted molar refractivity (Wildman–Crippen MR) is 58.3 cm³/mol. The van der Waals surface area contributed by atoms with E-state index in [0.29, 0.717) is 0 Å². The second-order valence-electron chi connectivity index (χ2n) is 5.08. The summed E-state index contributed by atoms with van der Waals surface area (Å²) in [6.07, 6.45) is 8.51. The van der Waals surface area contributed by atoms with Crippen LogP contribution in [0.15, 0.2) is 0 Å². The Morgan fingerprint density at radius 1 is 1.21 bits per heavy atom. The maximum atomic E-state index is 10.4. The average Bonchev–Trinajstić information content (AvgIpc) is 2.99. The summed E-state index contributed by atoms with van der Waals surface area (Å²) in [6.45, 7) is 4.24. The SMILES string of the molecule is CCN(CC1(O)CCCCC1)C1CC1. The van der Waals surface area contributed by atoms with E-state index in [4.69, 9.17) is 0 Å². The highest BCUT2D eigenvalue weighted by Gasteiger charge is 2.36. The van der Waals surface area contributed by atoms with Crippen molar-refractivity contribution in [2.45, 2.75) is 63.5 Å². The van der Waals surface area contributed by atoms with Crippen LogP contribution in [-0.2, 0) is 0 Å². The number of hydrogen-bond acceptors (Lipinski definition) is 2. The van der Waals surface area contributed by atoms with Gasteiger partial charge >= 0.3 is 0 Å². The summed E-state index contributed by atoms with van der Waals surface area (Å²) in [4.78, 5) is 2.48. The van der Waals surface area contributed by atoms with Crippen LogP contribution in [0.25, 0.3) is 0 Å². The van der Waals surface area contributed by atoms with Gasteiger partial charge in [-0.2, -0.15) is 0 Å². The van der Waals surface area contributed by atoms with Crippen molar-refractivity contribution in [3.8, 4) is 0 Å². The minimum atomic E-state index is -0.350. The maximum Gasteiger partial charge on any atom is 0.0774 e. The number of likely N-dealkylation sites (N-methyl/N-ethyl adjacent to an activating group) is 1. The molecule has 14 heavy (non-hydrogen) atoms. The maximum absolute atomic E-state index is 10.4. The largest absolute Gasteiger partial charge is 0.389 e. The first-order valence-electron chi connectivity index (χ1n) is 6.20. The summed E-state index contributed by atoms with van der Waals surface area (Å²) in [5, 5.41) is 10.4. The number of nitrogens with zero attached hydrogens (tertiary/aromatic N) is 1. The van der Waals surface area contributed by atoms with Crippen molar-refractivity contribution in [2.75, 3.05) is 13.1 Å². The minimum Gasteiger partial charge on any atom is -0.389 e. The Bertz CT molecular complexity index is 183. The molecule has 0 bridgehead atoms. The first-order valence-corrected chi connectivity index (χ1v) is 6.20. The van der Waals surface area contributed by atoms with Crippen molar-refractivity contribution in [3.05, 3.63) is 0 Å². The second kappa shape index (κ2) is 4.19. The van der Waals surface area contributed by atoms with E-state index in [1.54, 1.807) is 0 Å². The van der Waals surface area contributed by atoms with Crippen LogP contribution in [0.4, 0.5) is 0 Å². The molecule has 0 saturated heterocycles. The summed E-state index contributed by atoms with van der Waals surface area (Å²) < 4.78 is 0. The zero-order valence-electron chi connectivity index (χ0n) is 9.34. The van der Waals surface area contributed by atoms with Gasteiger partial charge in [0.2, 0.25) is 0 Å². The molecular formula is C12H23NO. The molecule has 0 unspecified atom stereocenters. The molecule has 0 aromatic carbocycles. The molecule has 2 rings (SSSR count). The molecule has 0 radical (unpaired) electrons. The van der Waals surface area contributed by atoms with Gasteiger partial charge in [-0.15, -0.1) is 0 Å². The second-order valence-corrected chi connectivity index (χ2v) is 5.08. The zero-order valence-corrected chi connectivity index (χ0v) is 9.34. The third-order valence-corrected chi connectivity index (χ3v) is 3.75. The van der Waals surface area contributed by atoms with Crippen molar-refractivity contribution in [3.63, 3.8) is 0 Å². The number of rotatable bonds is 4. The predicted octanol–water partition coefficient (Wildman–Crippen LogP) is 2.17. The van der Waals surface area contributed by atoms with Crippen LogP contribution in [0, 0.1) is 0 Å². The lowest BCUT2D eigenvalue weighted by molar-refractivity contribution is -0.0271. The molecule has 0 aromatic rings. The molecule has 0 heterocycles. The molecule has 0 aliphatic heterocycles. The molecule has 82 valence electrons. The standard InChI is InChI=1S/C12H23NO/c1-2-13(11-6-7-11)10-12(14)8-4-3-5-9-12/h11,14H,2-10H2,1H3. The van der Waals surface area contributed by atoms with Crippen LogP contribution in [0.3, 0.4) is 0 Å². The van der Waals surface area contributed by atoms with E-state index < -0.39 is 0 Å². The van der Waals surface area contributed by atoms with Gasteiger partial charge in [-0.25, -0.2) is 0 Å². The van der Waals surface area contributed by atoms with Crippen molar-refractivity contribution < 1.29 is 5.11 Å². The molecule has 0 atom stereocenters. The molecule has 2 nitrogen and oxygen atoms in total. The summed E-state index contributed by atoms with van der Waals surface area (Å²) in [7, 11) is 0. The first-order chi connectivity index (χ1) is 6.73. The van der Waals surface area contributed by atoms with Crippen molar-refractivity contribution in [1.82, 2.24) is 4.90 Å². The summed E-state index contributed by atoms with van der Waals surface area (Å²) in [5.41, 5.74) is -0.350. The van der Waals surface area contributed by atoms with E-state index in [-0.39, 0.29) is 5.60 Å². The molecule has 2 saturated carbocycles. The van der Waals surface area contributed by atoms with Crippen LogP contribution in [0.2, 0.25) is 0 Å². The van der Waals surface area contributed by atoms with E-state index in [1.165, 1.54) is 32.1 Å². The lowest BCUT2D eigenvalue weighted by Crippen LogP contribution is -2.45. The monoisotopic (exact) mass is 197 g/mol.